The molecule has 0 amide bonds. The predicted octanol–water partition coefficient (Wildman–Crippen LogP) is 2.84. The first-order chi connectivity index (χ1) is 11.8. The molecule has 0 radical (unpaired) electrons. The first-order valence-corrected chi connectivity index (χ1v) is 9.66. The number of hydrogen-bond donors (Lipinski definition) is 2. The fraction of sp³-hybridized carbons (Fsp3) is 0.800. The zero-order valence-corrected chi connectivity index (χ0v) is 15.9. The summed E-state index contributed by atoms with van der Waals surface area (Å²) in [5.41, 5.74) is -0.935. The first-order valence-electron chi connectivity index (χ1n) is 9.66. The summed E-state index contributed by atoms with van der Waals surface area (Å²) >= 11 is 0. The van der Waals surface area contributed by atoms with Gasteiger partial charge in [0.2, 0.25) is 0 Å². The van der Waals surface area contributed by atoms with Gasteiger partial charge >= 0.3 is 0 Å². The van der Waals surface area contributed by atoms with E-state index < -0.39 is 17.0 Å². The van der Waals surface area contributed by atoms with Crippen LogP contribution in [0.15, 0.2) is 9.59 Å². The molecule has 1 aromatic carbocycles. The summed E-state index contributed by atoms with van der Waals surface area (Å²) in [7, 11) is 0. The Morgan fingerprint density at radius 3 is 2.48 bits per heavy atom. The first kappa shape index (κ1) is 18.4. The van der Waals surface area contributed by atoms with Crippen LogP contribution >= 0.6 is 0 Å². The second-order valence-electron chi connectivity index (χ2n) is 8.67. The van der Waals surface area contributed by atoms with Gasteiger partial charge in [0.1, 0.15) is 5.69 Å². The van der Waals surface area contributed by atoms with E-state index in [2.05, 4.69) is 33.0 Å². The summed E-state index contributed by atoms with van der Waals surface area (Å²) in [5.74, 6) is 0.453. The van der Waals surface area contributed by atoms with E-state index in [1.807, 2.05) is 0 Å². The van der Waals surface area contributed by atoms with E-state index in [1.54, 1.807) is 0 Å². The molecule has 0 aliphatic heterocycles. The van der Waals surface area contributed by atoms with E-state index in [1.165, 1.54) is 0 Å². The van der Waals surface area contributed by atoms with Gasteiger partial charge in [-0.3, -0.25) is 9.59 Å². The lowest BCUT2D eigenvalue weighted by Crippen LogP contribution is -2.46. The van der Waals surface area contributed by atoms with Crippen molar-refractivity contribution in [3.05, 3.63) is 20.4 Å². The van der Waals surface area contributed by atoms with Crippen LogP contribution in [0, 0.1) is 16.7 Å². The summed E-state index contributed by atoms with van der Waals surface area (Å²) in [6.45, 7) is 9.12. The number of anilines is 1. The number of nitrogens with one attached hydrogen (secondary N) is 1. The van der Waals surface area contributed by atoms with Crippen molar-refractivity contribution in [2.24, 2.45) is 16.7 Å². The lowest BCUT2D eigenvalue weighted by Gasteiger charge is -2.37. The van der Waals surface area contributed by atoms with Crippen molar-refractivity contribution in [3.63, 3.8) is 0 Å². The summed E-state index contributed by atoms with van der Waals surface area (Å²) in [6, 6.07) is -0.195. The van der Waals surface area contributed by atoms with Gasteiger partial charge in [-0.05, 0) is 30.6 Å². The number of aliphatic hydroxyl groups is 1. The normalized spacial score (nSPS) is 33.1. The minimum atomic E-state index is -0.541. The molecule has 3 rings (SSSR count). The monoisotopic (exact) mass is 349 g/mol. The molecule has 0 saturated heterocycles. The molecule has 0 spiro atoms. The molecule has 25 heavy (non-hydrogen) atoms. The molecular weight excluding hydrogens is 318 g/mol. The van der Waals surface area contributed by atoms with Crippen LogP contribution in [-0.2, 0) is 0 Å². The molecule has 140 valence electrons. The lowest BCUT2D eigenvalue weighted by atomic mass is 9.70. The highest BCUT2D eigenvalue weighted by molar-refractivity contribution is 5.63. The van der Waals surface area contributed by atoms with Gasteiger partial charge in [-0.1, -0.05) is 47.0 Å². The van der Waals surface area contributed by atoms with Gasteiger partial charge in [-0.25, -0.2) is 0 Å². The van der Waals surface area contributed by atoms with Gasteiger partial charge in [0.05, 0.1) is 18.8 Å². The molecule has 2 N–H and O–H groups in total. The third-order valence-corrected chi connectivity index (χ3v) is 7.22. The minimum Gasteiger partial charge on any atom is -0.487 e. The lowest BCUT2D eigenvalue weighted by molar-refractivity contribution is 0.00842. The molecule has 0 unspecified atom stereocenters. The smallest absolute Gasteiger partial charge is 0.272 e. The molecule has 2 aliphatic rings. The molecule has 0 aromatic heterocycles. The van der Waals surface area contributed by atoms with Crippen LogP contribution in [0.2, 0.25) is 0 Å². The third kappa shape index (κ3) is 2.62. The molecule has 0 heterocycles. The van der Waals surface area contributed by atoms with E-state index in [4.69, 9.17) is 4.74 Å². The topological polar surface area (TPSA) is 75.6 Å². The second-order valence-corrected chi connectivity index (χ2v) is 8.67. The van der Waals surface area contributed by atoms with E-state index in [0.29, 0.717) is 6.61 Å². The number of hydrogen-bond acceptors (Lipinski definition) is 5. The van der Waals surface area contributed by atoms with Crippen LogP contribution in [0.3, 0.4) is 0 Å². The number of aliphatic hydroxyl groups excluding tert-OH is 1. The van der Waals surface area contributed by atoms with Crippen LogP contribution in [0.25, 0.3) is 0 Å². The predicted molar refractivity (Wildman–Crippen MR) is 99.0 cm³/mol. The van der Waals surface area contributed by atoms with Crippen LogP contribution in [-0.4, -0.2) is 23.9 Å². The molecule has 4 atom stereocenters. The molecular formula is C20H31NO4. The summed E-state index contributed by atoms with van der Waals surface area (Å²) in [6.07, 6.45) is 5.73. The average Bonchev–Trinajstić information content (AvgIpc) is 2.89. The van der Waals surface area contributed by atoms with Crippen LogP contribution < -0.4 is 20.9 Å². The average molecular weight is 349 g/mol. The van der Waals surface area contributed by atoms with Crippen molar-refractivity contribution >= 4 is 5.69 Å². The SMILES string of the molecule is CCCCCCOc1c(N[C@@H]2[C@H]3CC[C@@](C)([C@@H]2O)C3(C)C)c(=O)c1=O. The molecule has 5 heteroatoms. The van der Waals surface area contributed by atoms with Gasteiger partial charge in [0.15, 0.2) is 5.75 Å². The van der Waals surface area contributed by atoms with Crippen molar-refractivity contribution in [1.29, 1.82) is 0 Å². The van der Waals surface area contributed by atoms with E-state index in [9.17, 15) is 14.7 Å². The van der Waals surface area contributed by atoms with Crippen molar-refractivity contribution < 1.29 is 9.84 Å². The zero-order valence-electron chi connectivity index (χ0n) is 15.9. The summed E-state index contributed by atoms with van der Waals surface area (Å²) in [5, 5.41) is 14.0. The summed E-state index contributed by atoms with van der Waals surface area (Å²) in [4.78, 5) is 23.9. The number of unbranched alkanes of at least 4 members (excludes halogenated alkanes) is 3. The fourth-order valence-corrected chi connectivity index (χ4v) is 5.02. The summed E-state index contributed by atoms with van der Waals surface area (Å²) < 4.78 is 5.59. The Kier molecular flexibility index (Phi) is 4.73. The van der Waals surface area contributed by atoms with Crippen LogP contribution in [0.5, 0.6) is 5.75 Å². The Hall–Kier alpha value is -1.36. The van der Waals surface area contributed by atoms with Gasteiger partial charge in [-0.15, -0.1) is 0 Å². The molecule has 2 saturated carbocycles. The van der Waals surface area contributed by atoms with Gasteiger partial charge in [0.25, 0.3) is 10.9 Å². The highest BCUT2D eigenvalue weighted by atomic mass is 16.5. The standard InChI is InChI=1S/C20H31NO4/c1-5-6-7-8-11-25-17-14(15(22)16(17)23)21-13-12-9-10-20(4,18(13)24)19(12,2)3/h12-13,18,21,24H,5-11H2,1-4H3/t12-,13-,18-,20+/m1/s1. The molecule has 2 fully saturated rings. The van der Waals surface area contributed by atoms with Crippen molar-refractivity contribution in [3.8, 4) is 5.75 Å². The quantitative estimate of drug-likeness (QED) is 0.557. The third-order valence-electron chi connectivity index (χ3n) is 7.22. The Morgan fingerprint density at radius 1 is 1.16 bits per heavy atom. The van der Waals surface area contributed by atoms with Crippen LogP contribution in [0.1, 0.15) is 66.2 Å². The van der Waals surface area contributed by atoms with Gasteiger partial charge in [-0.2, -0.15) is 0 Å². The van der Waals surface area contributed by atoms with Crippen molar-refractivity contribution in [1.82, 2.24) is 0 Å². The number of ether oxygens (including phenoxy) is 1. The van der Waals surface area contributed by atoms with Gasteiger partial charge in [0, 0.05) is 5.41 Å². The largest absolute Gasteiger partial charge is 0.487 e. The molecule has 5 nitrogen and oxygen atoms in total. The van der Waals surface area contributed by atoms with Crippen molar-refractivity contribution in [2.75, 3.05) is 11.9 Å². The molecule has 2 bridgehead atoms. The zero-order chi connectivity index (χ0) is 18.4. The maximum Gasteiger partial charge on any atom is 0.272 e. The second kappa shape index (κ2) is 6.42. The number of fused-ring (bicyclic) bond motifs is 2. The number of rotatable bonds is 8. The maximum atomic E-state index is 12.0. The maximum absolute atomic E-state index is 12.0. The Balaban J connectivity index is 1.69. The minimum absolute atomic E-state index is 0.00260. The molecule has 1 aromatic rings. The Bertz CT molecular complexity index is 703. The highest BCUT2D eigenvalue weighted by Gasteiger charge is 2.66. The Morgan fingerprint density at radius 2 is 1.88 bits per heavy atom. The van der Waals surface area contributed by atoms with E-state index in [-0.39, 0.29) is 34.2 Å². The fourth-order valence-electron chi connectivity index (χ4n) is 5.02. The molecule has 2 aliphatic carbocycles. The van der Waals surface area contributed by atoms with E-state index in [0.717, 1.165) is 38.5 Å². The van der Waals surface area contributed by atoms with Crippen molar-refractivity contribution in [2.45, 2.75) is 78.4 Å². The Labute approximate surface area is 149 Å². The van der Waals surface area contributed by atoms with Gasteiger partial charge < -0.3 is 15.2 Å². The van der Waals surface area contributed by atoms with E-state index >= 15 is 0 Å². The highest BCUT2D eigenvalue weighted by Crippen LogP contribution is 2.65. The van der Waals surface area contributed by atoms with Crippen LogP contribution in [0.4, 0.5) is 5.69 Å².